The Kier molecular flexibility index (Phi) is 7.47. The first-order chi connectivity index (χ1) is 13.7. The first kappa shape index (κ1) is 22.5. The van der Waals surface area contributed by atoms with Gasteiger partial charge in [-0.2, -0.15) is 18.4 Å². The van der Waals surface area contributed by atoms with E-state index in [2.05, 4.69) is 11.4 Å². The molecule has 1 amide bonds. The van der Waals surface area contributed by atoms with Gasteiger partial charge in [0.05, 0.1) is 38.1 Å². The normalized spacial score (nSPS) is 11.7. The number of methoxy groups -OCH3 is 1. The summed E-state index contributed by atoms with van der Waals surface area (Å²) in [6.07, 6.45) is -2.94. The van der Waals surface area contributed by atoms with Crippen LogP contribution in [0.15, 0.2) is 22.8 Å². The van der Waals surface area contributed by atoms with Gasteiger partial charge in [0.1, 0.15) is 17.6 Å². The van der Waals surface area contributed by atoms with Crippen molar-refractivity contribution in [1.29, 1.82) is 5.26 Å². The van der Waals surface area contributed by atoms with Crippen LogP contribution in [0.25, 0.3) is 0 Å². The van der Waals surface area contributed by atoms with Gasteiger partial charge in [0.15, 0.2) is 0 Å². The van der Waals surface area contributed by atoms with Crippen LogP contribution in [0.4, 0.5) is 19.0 Å². The molecule has 0 bridgehead atoms. The van der Waals surface area contributed by atoms with Crippen LogP contribution in [0.1, 0.15) is 22.6 Å². The van der Waals surface area contributed by atoms with Crippen LogP contribution in [0.5, 0.6) is 0 Å². The predicted octanol–water partition coefficient (Wildman–Crippen LogP) is 3.07. The van der Waals surface area contributed by atoms with Crippen molar-refractivity contribution >= 4 is 11.7 Å². The summed E-state index contributed by atoms with van der Waals surface area (Å²) in [5.41, 5.74) is 1.70. The molecule has 0 aromatic carbocycles. The Morgan fingerprint density at radius 1 is 1.41 bits per heavy atom. The molecule has 0 unspecified atom stereocenters. The number of rotatable bonds is 9. The van der Waals surface area contributed by atoms with Gasteiger partial charge in [-0.1, -0.05) is 0 Å². The van der Waals surface area contributed by atoms with Crippen molar-refractivity contribution in [1.82, 2.24) is 9.47 Å². The Balaban J connectivity index is 2.23. The standard InChI is InChI=1S/C19H23F3N4O3/c1-13-14(2)26(10-15-5-4-7-29-15)18(16(13)9-23)24-17(27)11-25(6-8-28-3)12-19(20,21)22/h4-5,7H,6,8,10-12H2,1-3H3,(H,24,27). The minimum atomic E-state index is -4.45. The average Bonchev–Trinajstić information content (AvgIpc) is 3.21. The molecule has 1 N–H and O–H groups in total. The van der Waals surface area contributed by atoms with Crippen LogP contribution in [-0.4, -0.2) is 54.9 Å². The summed E-state index contributed by atoms with van der Waals surface area (Å²) < 4.78 is 50.2. The number of hydrogen-bond acceptors (Lipinski definition) is 5. The van der Waals surface area contributed by atoms with Gasteiger partial charge in [-0.15, -0.1) is 0 Å². The fourth-order valence-corrected chi connectivity index (χ4v) is 2.95. The van der Waals surface area contributed by atoms with Crippen molar-refractivity contribution < 1.29 is 27.1 Å². The maximum Gasteiger partial charge on any atom is 0.401 e. The molecular formula is C19H23F3N4O3. The molecule has 0 radical (unpaired) electrons. The topological polar surface area (TPSA) is 83.4 Å². The summed E-state index contributed by atoms with van der Waals surface area (Å²) in [6, 6.07) is 5.53. The van der Waals surface area contributed by atoms with E-state index in [-0.39, 0.29) is 31.1 Å². The van der Waals surface area contributed by atoms with Crippen LogP contribution in [0, 0.1) is 25.2 Å². The van der Waals surface area contributed by atoms with Crippen molar-refractivity contribution in [2.75, 3.05) is 38.7 Å². The summed E-state index contributed by atoms with van der Waals surface area (Å²) in [4.78, 5) is 13.5. The molecule has 2 aromatic rings. The van der Waals surface area contributed by atoms with Crippen molar-refractivity contribution in [3.63, 3.8) is 0 Å². The highest BCUT2D eigenvalue weighted by atomic mass is 19.4. The Bertz CT molecular complexity index is 867. The van der Waals surface area contributed by atoms with E-state index in [0.717, 1.165) is 10.6 Å². The molecule has 2 heterocycles. The van der Waals surface area contributed by atoms with E-state index in [0.29, 0.717) is 11.3 Å². The quantitative estimate of drug-likeness (QED) is 0.684. The van der Waals surface area contributed by atoms with Crippen LogP contribution < -0.4 is 5.32 Å². The Labute approximate surface area is 166 Å². The highest BCUT2D eigenvalue weighted by molar-refractivity contribution is 5.93. The van der Waals surface area contributed by atoms with E-state index in [1.165, 1.54) is 13.4 Å². The molecule has 2 aromatic heterocycles. The van der Waals surface area contributed by atoms with E-state index in [1.807, 2.05) is 0 Å². The second kappa shape index (κ2) is 9.62. The second-order valence-electron chi connectivity index (χ2n) is 6.58. The lowest BCUT2D eigenvalue weighted by Gasteiger charge is -2.23. The molecule has 29 heavy (non-hydrogen) atoms. The highest BCUT2D eigenvalue weighted by Crippen LogP contribution is 2.27. The third-order valence-corrected chi connectivity index (χ3v) is 4.47. The number of alkyl halides is 3. The van der Waals surface area contributed by atoms with Gasteiger partial charge in [0, 0.05) is 19.3 Å². The number of ether oxygens (including phenoxy) is 1. The number of carbonyl (C=O) groups is 1. The molecule has 10 heteroatoms. The molecule has 0 spiro atoms. The predicted molar refractivity (Wildman–Crippen MR) is 99.4 cm³/mol. The van der Waals surface area contributed by atoms with Gasteiger partial charge in [-0.05, 0) is 31.5 Å². The minimum Gasteiger partial charge on any atom is -0.467 e. The number of furan rings is 1. The van der Waals surface area contributed by atoms with E-state index in [9.17, 15) is 23.2 Å². The monoisotopic (exact) mass is 412 g/mol. The molecule has 0 aliphatic carbocycles. The van der Waals surface area contributed by atoms with Gasteiger partial charge in [-0.25, -0.2) is 0 Å². The van der Waals surface area contributed by atoms with E-state index >= 15 is 0 Å². The Morgan fingerprint density at radius 2 is 2.14 bits per heavy atom. The SMILES string of the molecule is COCCN(CC(=O)Nc1c(C#N)c(C)c(C)n1Cc1ccco1)CC(F)(F)F. The number of amides is 1. The third kappa shape index (κ3) is 6.10. The fraction of sp³-hybridized carbons (Fsp3) is 0.474. The molecular weight excluding hydrogens is 389 g/mol. The maximum atomic E-state index is 12.8. The lowest BCUT2D eigenvalue weighted by molar-refractivity contribution is -0.149. The maximum absolute atomic E-state index is 12.8. The van der Waals surface area contributed by atoms with Gasteiger partial charge >= 0.3 is 6.18 Å². The Morgan fingerprint density at radius 3 is 2.69 bits per heavy atom. The molecule has 0 saturated carbocycles. The molecule has 0 aliphatic rings. The van der Waals surface area contributed by atoms with E-state index in [4.69, 9.17) is 9.15 Å². The molecule has 0 saturated heterocycles. The first-order valence-electron chi connectivity index (χ1n) is 8.86. The van der Waals surface area contributed by atoms with Crippen molar-refractivity contribution in [3.8, 4) is 6.07 Å². The number of nitrogens with one attached hydrogen (secondary N) is 1. The number of halogens is 3. The van der Waals surface area contributed by atoms with Gasteiger partial charge < -0.3 is 19.0 Å². The van der Waals surface area contributed by atoms with Crippen molar-refractivity contribution in [2.24, 2.45) is 0 Å². The number of anilines is 1. The van der Waals surface area contributed by atoms with Gasteiger partial charge in [0.25, 0.3) is 0 Å². The lowest BCUT2D eigenvalue weighted by Crippen LogP contribution is -2.41. The van der Waals surface area contributed by atoms with Crippen molar-refractivity contribution in [2.45, 2.75) is 26.6 Å². The van der Waals surface area contributed by atoms with Crippen LogP contribution in [0.2, 0.25) is 0 Å². The summed E-state index contributed by atoms with van der Waals surface area (Å²) in [7, 11) is 1.37. The van der Waals surface area contributed by atoms with Crippen molar-refractivity contribution in [3.05, 3.63) is 41.0 Å². The Hall–Kier alpha value is -2.77. The second-order valence-corrected chi connectivity index (χ2v) is 6.58. The number of carbonyl (C=O) groups excluding carboxylic acids is 1. The van der Waals surface area contributed by atoms with Crippen LogP contribution in [-0.2, 0) is 16.1 Å². The smallest absolute Gasteiger partial charge is 0.401 e. The van der Waals surface area contributed by atoms with Gasteiger partial charge in [-0.3, -0.25) is 9.69 Å². The summed E-state index contributed by atoms with van der Waals surface area (Å²) in [5.74, 6) is 0.199. The molecule has 2 rings (SSSR count). The van der Waals surface area contributed by atoms with Crippen LogP contribution in [0.3, 0.4) is 0 Å². The lowest BCUT2D eigenvalue weighted by atomic mass is 10.2. The molecule has 0 atom stereocenters. The van der Waals surface area contributed by atoms with Gasteiger partial charge in [0.2, 0.25) is 5.91 Å². The summed E-state index contributed by atoms with van der Waals surface area (Å²) in [5, 5.41) is 12.1. The number of hydrogen-bond donors (Lipinski definition) is 1. The molecule has 0 aliphatic heterocycles. The molecule has 158 valence electrons. The zero-order valence-electron chi connectivity index (χ0n) is 16.5. The zero-order chi connectivity index (χ0) is 21.6. The highest BCUT2D eigenvalue weighted by Gasteiger charge is 2.31. The van der Waals surface area contributed by atoms with E-state index in [1.54, 1.807) is 30.5 Å². The fourth-order valence-electron chi connectivity index (χ4n) is 2.95. The summed E-state index contributed by atoms with van der Waals surface area (Å²) in [6.45, 7) is 2.09. The molecule has 7 nitrogen and oxygen atoms in total. The first-order valence-corrected chi connectivity index (χ1v) is 8.86. The zero-order valence-corrected chi connectivity index (χ0v) is 16.5. The largest absolute Gasteiger partial charge is 0.467 e. The molecule has 0 fully saturated rings. The minimum absolute atomic E-state index is 0.0554. The van der Waals surface area contributed by atoms with Crippen LogP contribution >= 0.6 is 0 Å². The number of aromatic nitrogens is 1. The summed E-state index contributed by atoms with van der Waals surface area (Å²) >= 11 is 0. The third-order valence-electron chi connectivity index (χ3n) is 4.47. The van der Waals surface area contributed by atoms with E-state index < -0.39 is 25.2 Å². The number of nitriles is 1. The average molecular weight is 412 g/mol. The number of nitrogens with zero attached hydrogens (tertiary/aromatic N) is 3.